The van der Waals surface area contributed by atoms with E-state index in [9.17, 15) is 0 Å². The Morgan fingerprint density at radius 3 is 2.59 bits per heavy atom. The zero-order chi connectivity index (χ0) is 12.6. The summed E-state index contributed by atoms with van der Waals surface area (Å²) in [5.41, 5.74) is 11.2. The molecule has 0 saturated carbocycles. The van der Waals surface area contributed by atoms with Crippen molar-refractivity contribution in [2.24, 2.45) is 0 Å². The standard InChI is InChI=1S/C14H18N2O/c1-5-12-9(3)13(15)11-7-10(17-4)6-8(2)14(11)16-12/h6-7H,5H2,1-4H3,(H2,15,16). The van der Waals surface area contributed by atoms with E-state index in [2.05, 4.69) is 6.92 Å². The molecule has 90 valence electrons. The van der Waals surface area contributed by atoms with Gasteiger partial charge in [0.2, 0.25) is 0 Å². The predicted molar refractivity (Wildman–Crippen MR) is 71.6 cm³/mol. The first-order valence-corrected chi connectivity index (χ1v) is 5.81. The van der Waals surface area contributed by atoms with Gasteiger partial charge in [0.05, 0.1) is 12.6 Å². The summed E-state index contributed by atoms with van der Waals surface area (Å²) in [6.45, 7) is 6.15. The quantitative estimate of drug-likeness (QED) is 0.862. The van der Waals surface area contributed by atoms with Gasteiger partial charge < -0.3 is 10.5 Å². The molecular formula is C14H18N2O. The number of nitrogens with zero attached hydrogens (tertiary/aromatic N) is 1. The summed E-state index contributed by atoms with van der Waals surface area (Å²) < 4.78 is 5.27. The Morgan fingerprint density at radius 1 is 1.29 bits per heavy atom. The third kappa shape index (κ3) is 1.82. The molecular weight excluding hydrogens is 212 g/mol. The monoisotopic (exact) mass is 230 g/mol. The van der Waals surface area contributed by atoms with Gasteiger partial charge in [0.15, 0.2) is 0 Å². The maximum atomic E-state index is 6.19. The van der Waals surface area contributed by atoms with Crippen LogP contribution in [0.3, 0.4) is 0 Å². The Hall–Kier alpha value is -1.77. The summed E-state index contributed by atoms with van der Waals surface area (Å²) in [7, 11) is 1.66. The summed E-state index contributed by atoms with van der Waals surface area (Å²) in [5, 5.41) is 0.983. The maximum absolute atomic E-state index is 6.19. The average Bonchev–Trinajstić information content (AvgIpc) is 2.34. The molecule has 1 aromatic heterocycles. The average molecular weight is 230 g/mol. The number of benzene rings is 1. The molecule has 0 aliphatic carbocycles. The van der Waals surface area contributed by atoms with Gasteiger partial charge in [-0.25, -0.2) is 0 Å². The highest BCUT2D eigenvalue weighted by Gasteiger charge is 2.11. The van der Waals surface area contributed by atoms with Gasteiger partial charge >= 0.3 is 0 Å². The third-order valence-electron chi connectivity index (χ3n) is 3.22. The summed E-state index contributed by atoms with van der Waals surface area (Å²) in [5.74, 6) is 0.826. The van der Waals surface area contributed by atoms with E-state index in [1.165, 1.54) is 0 Å². The van der Waals surface area contributed by atoms with Crippen LogP contribution in [-0.2, 0) is 6.42 Å². The van der Waals surface area contributed by atoms with Crippen LogP contribution in [0.4, 0.5) is 5.69 Å². The predicted octanol–water partition coefficient (Wildman–Crippen LogP) is 3.00. The molecule has 1 aromatic carbocycles. The van der Waals surface area contributed by atoms with Crippen molar-refractivity contribution < 1.29 is 4.74 Å². The first-order chi connectivity index (χ1) is 8.08. The number of rotatable bonds is 2. The summed E-state index contributed by atoms with van der Waals surface area (Å²) >= 11 is 0. The second-order valence-corrected chi connectivity index (χ2v) is 4.29. The molecule has 2 N–H and O–H groups in total. The molecule has 1 heterocycles. The van der Waals surface area contributed by atoms with Gasteiger partial charge in [-0.3, -0.25) is 4.98 Å². The highest BCUT2D eigenvalue weighted by molar-refractivity contribution is 5.95. The van der Waals surface area contributed by atoms with Crippen LogP contribution in [0.5, 0.6) is 5.75 Å². The van der Waals surface area contributed by atoms with E-state index < -0.39 is 0 Å². The zero-order valence-electron chi connectivity index (χ0n) is 10.8. The normalized spacial score (nSPS) is 10.8. The fourth-order valence-corrected chi connectivity index (χ4v) is 2.14. The topological polar surface area (TPSA) is 48.1 Å². The zero-order valence-corrected chi connectivity index (χ0v) is 10.8. The Morgan fingerprint density at radius 2 is 2.00 bits per heavy atom. The van der Waals surface area contributed by atoms with Crippen molar-refractivity contribution in [2.45, 2.75) is 27.2 Å². The minimum Gasteiger partial charge on any atom is -0.497 e. The molecule has 0 unspecified atom stereocenters. The molecule has 2 aromatic rings. The van der Waals surface area contributed by atoms with Gasteiger partial charge in [0.1, 0.15) is 5.75 Å². The number of ether oxygens (including phenoxy) is 1. The van der Waals surface area contributed by atoms with Gasteiger partial charge in [-0.1, -0.05) is 6.92 Å². The van der Waals surface area contributed by atoms with E-state index in [1.807, 2.05) is 26.0 Å². The number of anilines is 1. The molecule has 3 nitrogen and oxygen atoms in total. The van der Waals surface area contributed by atoms with Crippen LogP contribution in [0.1, 0.15) is 23.7 Å². The van der Waals surface area contributed by atoms with Crippen molar-refractivity contribution in [3.8, 4) is 5.75 Å². The van der Waals surface area contributed by atoms with Crippen molar-refractivity contribution in [1.82, 2.24) is 4.98 Å². The highest BCUT2D eigenvalue weighted by Crippen LogP contribution is 2.31. The Labute approximate surface area is 102 Å². The SMILES string of the molecule is CCc1nc2c(C)cc(OC)cc2c(N)c1C. The van der Waals surface area contributed by atoms with E-state index in [1.54, 1.807) is 7.11 Å². The molecule has 0 aliphatic heterocycles. The molecule has 0 radical (unpaired) electrons. The summed E-state index contributed by atoms with van der Waals surface area (Å²) in [6, 6.07) is 3.95. The lowest BCUT2D eigenvalue weighted by molar-refractivity contribution is 0.415. The smallest absolute Gasteiger partial charge is 0.119 e. The number of aromatic nitrogens is 1. The van der Waals surface area contributed by atoms with Crippen LogP contribution in [0, 0.1) is 13.8 Å². The van der Waals surface area contributed by atoms with Crippen molar-refractivity contribution in [2.75, 3.05) is 12.8 Å². The number of hydrogen-bond donors (Lipinski definition) is 1. The van der Waals surface area contributed by atoms with Gasteiger partial charge in [0, 0.05) is 16.8 Å². The van der Waals surface area contributed by atoms with Crippen LogP contribution >= 0.6 is 0 Å². The van der Waals surface area contributed by atoms with Crippen LogP contribution in [0.2, 0.25) is 0 Å². The van der Waals surface area contributed by atoms with Gasteiger partial charge in [-0.05, 0) is 43.5 Å². The number of pyridine rings is 1. The lowest BCUT2D eigenvalue weighted by atomic mass is 10.0. The summed E-state index contributed by atoms with van der Waals surface area (Å²) in [4.78, 5) is 4.69. The Bertz CT molecular complexity index is 576. The number of methoxy groups -OCH3 is 1. The molecule has 17 heavy (non-hydrogen) atoms. The molecule has 0 spiro atoms. The second-order valence-electron chi connectivity index (χ2n) is 4.29. The Balaban J connectivity index is 2.86. The van der Waals surface area contributed by atoms with E-state index in [0.29, 0.717) is 0 Å². The lowest BCUT2D eigenvalue weighted by Gasteiger charge is -2.13. The highest BCUT2D eigenvalue weighted by atomic mass is 16.5. The lowest BCUT2D eigenvalue weighted by Crippen LogP contribution is -2.01. The van der Waals surface area contributed by atoms with Crippen LogP contribution in [0.15, 0.2) is 12.1 Å². The first kappa shape index (κ1) is 11.7. The van der Waals surface area contributed by atoms with E-state index >= 15 is 0 Å². The molecule has 0 bridgehead atoms. The fourth-order valence-electron chi connectivity index (χ4n) is 2.14. The largest absolute Gasteiger partial charge is 0.497 e. The van der Waals surface area contributed by atoms with Crippen molar-refractivity contribution >= 4 is 16.6 Å². The molecule has 0 amide bonds. The minimum atomic E-state index is 0.814. The number of nitrogen functional groups attached to an aromatic ring is 1. The number of hydrogen-bond acceptors (Lipinski definition) is 3. The first-order valence-electron chi connectivity index (χ1n) is 5.81. The maximum Gasteiger partial charge on any atom is 0.119 e. The van der Waals surface area contributed by atoms with E-state index in [0.717, 1.165) is 45.6 Å². The second kappa shape index (κ2) is 4.24. The minimum absolute atomic E-state index is 0.814. The van der Waals surface area contributed by atoms with Crippen LogP contribution in [-0.4, -0.2) is 12.1 Å². The van der Waals surface area contributed by atoms with Crippen LogP contribution < -0.4 is 10.5 Å². The number of fused-ring (bicyclic) bond motifs is 1. The van der Waals surface area contributed by atoms with Gasteiger partial charge in [0.25, 0.3) is 0 Å². The van der Waals surface area contributed by atoms with Crippen LogP contribution in [0.25, 0.3) is 10.9 Å². The van der Waals surface area contributed by atoms with Crippen molar-refractivity contribution in [3.63, 3.8) is 0 Å². The number of nitrogens with two attached hydrogens (primary N) is 1. The molecule has 0 fully saturated rings. The molecule has 3 heteroatoms. The van der Waals surface area contributed by atoms with Crippen molar-refractivity contribution in [3.05, 3.63) is 29.0 Å². The van der Waals surface area contributed by atoms with E-state index in [4.69, 9.17) is 15.5 Å². The number of aryl methyl sites for hydroxylation is 2. The molecule has 0 saturated heterocycles. The molecule has 0 atom stereocenters. The Kier molecular flexibility index (Phi) is 2.92. The fraction of sp³-hybridized carbons (Fsp3) is 0.357. The summed E-state index contributed by atoms with van der Waals surface area (Å²) in [6.07, 6.45) is 0.900. The molecule has 2 rings (SSSR count). The van der Waals surface area contributed by atoms with Crippen molar-refractivity contribution in [1.29, 1.82) is 0 Å². The third-order valence-corrected chi connectivity index (χ3v) is 3.22. The van der Waals surface area contributed by atoms with E-state index in [-0.39, 0.29) is 0 Å². The molecule has 0 aliphatic rings. The van der Waals surface area contributed by atoms with Gasteiger partial charge in [-0.15, -0.1) is 0 Å². The van der Waals surface area contributed by atoms with Gasteiger partial charge in [-0.2, -0.15) is 0 Å².